The van der Waals surface area contributed by atoms with Crippen molar-refractivity contribution in [3.8, 4) is 11.5 Å². The molecule has 6 rings (SSSR count). The number of ether oxygens (including phenoxy) is 2. The molecule has 3 amide bonds. The van der Waals surface area contributed by atoms with Crippen molar-refractivity contribution in [2.75, 3.05) is 51.8 Å². The second-order valence-corrected chi connectivity index (χ2v) is 12.8. The van der Waals surface area contributed by atoms with Gasteiger partial charge in [-0.25, -0.2) is 0 Å². The van der Waals surface area contributed by atoms with Gasteiger partial charge in [0, 0.05) is 44.7 Å². The minimum Gasteiger partial charge on any atom is -0.493 e. The van der Waals surface area contributed by atoms with Gasteiger partial charge in [0.25, 0.3) is 11.8 Å². The number of methoxy groups -OCH3 is 2. The van der Waals surface area contributed by atoms with Crippen LogP contribution in [0.25, 0.3) is 0 Å². The molecular formula is C38H46N4O5. The van der Waals surface area contributed by atoms with E-state index in [9.17, 15) is 14.4 Å². The third-order valence-electron chi connectivity index (χ3n) is 10.2. The van der Waals surface area contributed by atoms with E-state index < -0.39 is 6.04 Å². The van der Waals surface area contributed by atoms with Gasteiger partial charge in [0.1, 0.15) is 0 Å². The maximum atomic E-state index is 14.4. The van der Waals surface area contributed by atoms with E-state index in [2.05, 4.69) is 46.3 Å². The fraction of sp³-hybridized carbons (Fsp3) is 0.447. The number of hydrogen-bond donors (Lipinski definition) is 1. The van der Waals surface area contributed by atoms with Crippen molar-refractivity contribution in [2.24, 2.45) is 5.92 Å². The summed E-state index contributed by atoms with van der Waals surface area (Å²) in [6.07, 6.45) is 5.20. The van der Waals surface area contributed by atoms with E-state index >= 15 is 0 Å². The molecule has 1 N–H and O–H groups in total. The summed E-state index contributed by atoms with van der Waals surface area (Å²) in [4.78, 5) is 47.3. The Morgan fingerprint density at radius 1 is 0.851 bits per heavy atom. The molecule has 0 aromatic heterocycles. The molecule has 9 heteroatoms. The van der Waals surface area contributed by atoms with Crippen LogP contribution in [0.4, 0.5) is 5.69 Å². The molecule has 2 fully saturated rings. The van der Waals surface area contributed by atoms with Crippen molar-refractivity contribution in [3.63, 3.8) is 0 Å². The molecule has 3 aromatic carbocycles. The molecular weight excluding hydrogens is 592 g/mol. The molecule has 3 aromatic rings. The van der Waals surface area contributed by atoms with Crippen molar-refractivity contribution in [1.82, 2.24) is 15.1 Å². The first-order valence-electron chi connectivity index (χ1n) is 17.0. The van der Waals surface area contributed by atoms with Gasteiger partial charge in [0.2, 0.25) is 5.91 Å². The monoisotopic (exact) mass is 638 g/mol. The van der Waals surface area contributed by atoms with Crippen molar-refractivity contribution in [1.29, 1.82) is 0 Å². The number of carbonyl (C=O) groups excluding carboxylic acids is 3. The van der Waals surface area contributed by atoms with Crippen LogP contribution in [0, 0.1) is 5.92 Å². The number of benzene rings is 3. The summed E-state index contributed by atoms with van der Waals surface area (Å²) in [5, 5.41) is 3.09. The van der Waals surface area contributed by atoms with E-state index in [0.717, 1.165) is 63.1 Å². The molecule has 0 radical (unpaired) electrons. The molecule has 1 aliphatic carbocycles. The highest BCUT2D eigenvalue weighted by Crippen LogP contribution is 2.41. The average molecular weight is 639 g/mol. The smallest absolute Gasteiger partial charge is 0.264 e. The molecule has 248 valence electrons. The standard InChI is InChI=1S/C38H46N4O5/c1-26(27-11-5-4-6-12-27)40-21-23-41(24-22-40)32-16-9-15-30-35(32)38(45)42(37(30)44)31(29-18-19-33(46-2)34(25-29)47-3)17-10-20-39-36(43)28-13-7-8-14-28/h4-6,9,11-12,15-16,18-19,25-26,28,31H,7-8,10,13-14,17,20-24H2,1-3H3,(H,39,43)/t26-,31-/m1/s1. The van der Waals surface area contributed by atoms with Crippen LogP contribution in [0.2, 0.25) is 0 Å². The van der Waals surface area contributed by atoms with Crippen LogP contribution in [-0.2, 0) is 4.79 Å². The molecule has 3 aliphatic rings. The zero-order valence-electron chi connectivity index (χ0n) is 27.7. The molecule has 1 saturated heterocycles. The predicted molar refractivity (Wildman–Crippen MR) is 182 cm³/mol. The summed E-state index contributed by atoms with van der Waals surface area (Å²) in [6, 6.07) is 21.4. The average Bonchev–Trinajstić information content (AvgIpc) is 3.75. The number of hydrogen-bond acceptors (Lipinski definition) is 7. The van der Waals surface area contributed by atoms with Crippen LogP contribution < -0.4 is 19.7 Å². The lowest BCUT2D eigenvalue weighted by atomic mass is 9.99. The summed E-state index contributed by atoms with van der Waals surface area (Å²) >= 11 is 0. The van der Waals surface area contributed by atoms with Crippen LogP contribution in [0.1, 0.15) is 89.4 Å². The molecule has 0 unspecified atom stereocenters. The zero-order chi connectivity index (χ0) is 32.9. The lowest BCUT2D eigenvalue weighted by Gasteiger charge is -2.39. The fourth-order valence-electron chi connectivity index (χ4n) is 7.47. The van der Waals surface area contributed by atoms with Crippen LogP contribution in [0.3, 0.4) is 0 Å². The second-order valence-electron chi connectivity index (χ2n) is 12.8. The van der Waals surface area contributed by atoms with Crippen LogP contribution in [0.15, 0.2) is 66.7 Å². The number of fused-ring (bicyclic) bond motifs is 1. The van der Waals surface area contributed by atoms with Crippen molar-refractivity contribution in [3.05, 3.63) is 89.0 Å². The molecule has 1 saturated carbocycles. The maximum absolute atomic E-state index is 14.4. The number of piperazine rings is 1. The first-order chi connectivity index (χ1) is 22.9. The highest BCUT2D eigenvalue weighted by Gasteiger charge is 2.43. The van der Waals surface area contributed by atoms with Crippen molar-refractivity contribution in [2.45, 2.75) is 57.5 Å². The third kappa shape index (κ3) is 6.72. The van der Waals surface area contributed by atoms with E-state index in [-0.39, 0.29) is 23.6 Å². The van der Waals surface area contributed by atoms with E-state index in [1.54, 1.807) is 20.3 Å². The SMILES string of the molecule is COc1ccc([C@@H](CCCNC(=O)C2CCCC2)N2C(=O)c3cccc(N4CCN([C@H](C)c5ccccc5)CC4)c3C2=O)cc1OC. The Morgan fingerprint density at radius 2 is 1.57 bits per heavy atom. The third-order valence-corrected chi connectivity index (χ3v) is 10.2. The Bertz CT molecular complexity index is 1580. The molecule has 2 atom stereocenters. The minimum absolute atomic E-state index is 0.0923. The highest BCUT2D eigenvalue weighted by atomic mass is 16.5. The van der Waals surface area contributed by atoms with Gasteiger partial charge in [-0.1, -0.05) is 55.3 Å². The summed E-state index contributed by atoms with van der Waals surface area (Å²) in [6.45, 7) is 5.95. The summed E-state index contributed by atoms with van der Waals surface area (Å²) in [5.74, 6) is 0.727. The van der Waals surface area contributed by atoms with Gasteiger partial charge < -0.3 is 19.7 Å². The number of rotatable bonds is 12. The number of amides is 3. The Labute approximate surface area is 277 Å². The zero-order valence-corrected chi connectivity index (χ0v) is 27.7. The van der Waals surface area contributed by atoms with Gasteiger partial charge in [-0.05, 0) is 68.0 Å². The topological polar surface area (TPSA) is 91.4 Å². The minimum atomic E-state index is -0.540. The molecule has 2 aliphatic heterocycles. The van der Waals surface area contributed by atoms with E-state index in [4.69, 9.17) is 9.47 Å². The largest absolute Gasteiger partial charge is 0.493 e. The van der Waals surface area contributed by atoms with Crippen molar-refractivity contribution < 1.29 is 23.9 Å². The highest BCUT2D eigenvalue weighted by molar-refractivity contribution is 6.24. The first kappa shape index (κ1) is 32.6. The number of anilines is 1. The normalized spacial score (nSPS) is 18.3. The van der Waals surface area contributed by atoms with Crippen molar-refractivity contribution >= 4 is 23.4 Å². The Morgan fingerprint density at radius 3 is 2.28 bits per heavy atom. The fourth-order valence-corrected chi connectivity index (χ4v) is 7.47. The van der Waals surface area contributed by atoms with Crippen LogP contribution in [-0.4, -0.2) is 74.5 Å². The van der Waals surface area contributed by atoms with Gasteiger partial charge in [-0.15, -0.1) is 0 Å². The molecule has 2 heterocycles. The number of carbonyl (C=O) groups is 3. The Balaban J connectivity index is 1.22. The van der Waals surface area contributed by atoms with E-state index in [1.165, 1.54) is 10.5 Å². The molecule has 9 nitrogen and oxygen atoms in total. The van der Waals surface area contributed by atoms with Gasteiger partial charge in [0.15, 0.2) is 11.5 Å². The number of nitrogens with zero attached hydrogens (tertiary/aromatic N) is 3. The summed E-state index contributed by atoms with van der Waals surface area (Å²) < 4.78 is 11.1. The molecule has 47 heavy (non-hydrogen) atoms. The maximum Gasteiger partial charge on any atom is 0.264 e. The van der Waals surface area contributed by atoms with E-state index in [1.807, 2.05) is 36.4 Å². The number of nitrogens with one attached hydrogen (secondary N) is 1. The number of imide groups is 1. The quantitative estimate of drug-likeness (QED) is 0.192. The Kier molecular flexibility index (Phi) is 10.1. The van der Waals surface area contributed by atoms with Crippen LogP contribution in [0.5, 0.6) is 11.5 Å². The van der Waals surface area contributed by atoms with Gasteiger partial charge in [-0.2, -0.15) is 0 Å². The summed E-state index contributed by atoms with van der Waals surface area (Å²) in [7, 11) is 3.15. The van der Waals surface area contributed by atoms with Gasteiger partial charge in [0.05, 0.1) is 37.1 Å². The second kappa shape index (κ2) is 14.6. The lowest BCUT2D eigenvalue weighted by molar-refractivity contribution is -0.124. The van der Waals surface area contributed by atoms with Gasteiger partial charge in [-0.3, -0.25) is 24.2 Å². The van der Waals surface area contributed by atoms with E-state index in [0.29, 0.717) is 48.1 Å². The lowest BCUT2D eigenvalue weighted by Crippen LogP contribution is -2.47. The summed E-state index contributed by atoms with van der Waals surface area (Å²) in [5.41, 5.74) is 3.79. The first-order valence-corrected chi connectivity index (χ1v) is 17.0. The van der Waals surface area contributed by atoms with Gasteiger partial charge >= 0.3 is 0 Å². The predicted octanol–water partition coefficient (Wildman–Crippen LogP) is 6.01. The molecule has 0 spiro atoms. The van der Waals surface area contributed by atoms with Crippen LogP contribution >= 0.6 is 0 Å². The molecule has 0 bridgehead atoms. The Hall–Kier alpha value is -4.37.